The lowest BCUT2D eigenvalue weighted by atomic mass is 10.5. The fourth-order valence-electron chi connectivity index (χ4n) is 0.806. The highest BCUT2D eigenvalue weighted by Gasteiger charge is 2.32. The molecular formula is C9H18NO3P. The van der Waals surface area contributed by atoms with Gasteiger partial charge in [0.15, 0.2) is 6.10 Å². The van der Waals surface area contributed by atoms with Crippen molar-refractivity contribution in [2.45, 2.75) is 52.5 Å². The summed E-state index contributed by atoms with van der Waals surface area (Å²) in [7, 11) is -3.14. The monoisotopic (exact) mass is 219 g/mol. The average molecular weight is 219 g/mol. The van der Waals surface area contributed by atoms with Crippen LogP contribution in [0.5, 0.6) is 0 Å². The maximum atomic E-state index is 12.1. The molecule has 0 aliphatic heterocycles. The van der Waals surface area contributed by atoms with E-state index in [1.165, 1.54) is 0 Å². The molecule has 5 heteroatoms. The summed E-state index contributed by atoms with van der Waals surface area (Å²) in [5, 5.41) is 8.56. The molecule has 0 aromatic heterocycles. The Labute approximate surface area is 85.7 Å². The highest BCUT2D eigenvalue weighted by Crippen LogP contribution is 2.54. The van der Waals surface area contributed by atoms with Gasteiger partial charge in [-0.3, -0.25) is 9.09 Å². The van der Waals surface area contributed by atoms with Crippen molar-refractivity contribution >= 4 is 7.60 Å². The first-order valence-electron chi connectivity index (χ1n) is 4.68. The molecule has 0 N–H and O–H groups in total. The van der Waals surface area contributed by atoms with E-state index >= 15 is 0 Å². The van der Waals surface area contributed by atoms with Gasteiger partial charge >= 0.3 is 7.60 Å². The topological polar surface area (TPSA) is 59.3 Å². The number of hydrogen-bond donors (Lipinski definition) is 0. The second-order valence-electron chi connectivity index (χ2n) is 3.66. The molecule has 0 saturated heterocycles. The molecule has 4 nitrogen and oxygen atoms in total. The fourth-order valence-corrected chi connectivity index (χ4v) is 2.42. The minimum atomic E-state index is -3.14. The molecule has 0 heterocycles. The van der Waals surface area contributed by atoms with Gasteiger partial charge in [0.1, 0.15) is 0 Å². The van der Waals surface area contributed by atoms with Crippen LogP contribution in [0.2, 0.25) is 0 Å². The van der Waals surface area contributed by atoms with Gasteiger partial charge in [-0.1, -0.05) is 13.8 Å². The highest BCUT2D eigenvalue weighted by molar-refractivity contribution is 7.54. The van der Waals surface area contributed by atoms with Crippen molar-refractivity contribution in [3.05, 3.63) is 0 Å². The molecule has 2 atom stereocenters. The minimum Gasteiger partial charge on any atom is -0.306 e. The maximum Gasteiger partial charge on any atom is 0.334 e. The molecule has 14 heavy (non-hydrogen) atoms. The Balaban J connectivity index is 4.58. The number of nitrogens with zero attached hydrogens (tertiary/aromatic N) is 1. The molecule has 0 aromatic rings. The fraction of sp³-hybridized carbons (Fsp3) is 0.889. The van der Waals surface area contributed by atoms with Gasteiger partial charge in [0, 0.05) is 0 Å². The van der Waals surface area contributed by atoms with Crippen LogP contribution in [0, 0.1) is 11.3 Å². The van der Waals surface area contributed by atoms with Crippen LogP contribution >= 0.6 is 7.60 Å². The van der Waals surface area contributed by atoms with Gasteiger partial charge in [-0.2, -0.15) is 5.26 Å². The van der Waals surface area contributed by atoms with E-state index in [0.29, 0.717) is 0 Å². The van der Waals surface area contributed by atoms with Crippen molar-refractivity contribution in [2.24, 2.45) is 0 Å². The number of hydrogen-bond acceptors (Lipinski definition) is 4. The molecule has 0 spiro atoms. The van der Waals surface area contributed by atoms with Gasteiger partial charge in [0.05, 0.1) is 17.8 Å². The van der Waals surface area contributed by atoms with Crippen molar-refractivity contribution in [1.29, 1.82) is 5.26 Å². The summed E-state index contributed by atoms with van der Waals surface area (Å²) in [6.45, 7) is 8.64. The highest BCUT2D eigenvalue weighted by atomic mass is 31.2. The Morgan fingerprint density at radius 1 is 1.14 bits per heavy atom. The van der Waals surface area contributed by atoms with Gasteiger partial charge in [-0.05, 0) is 20.8 Å². The Morgan fingerprint density at radius 3 is 1.93 bits per heavy atom. The summed E-state index contributed by atoms with van der Waals surface area (Å²) in [6.07, 6.45) is -0.879. The van der Waals surface area contributed by atoms with Gasteiger partial charge in [0.25, 0.3) is 0 Å². The van der Waals surface area contributed by atoms with Crippen molar-refractivity contribution in [3.8, 4) is 6.07 Å². The third-order valence-corrected chi connectivity index (χ3v) is 4.07. The van der Waals surface area contributed by atoms with E-state index in [2.05, 4.69) is 0 Å². The van der Waals surface area contributed by atoms with Crippen LogP contribution in [0.15, 0.2) is 0 Å². The molecule has 0 saturated carbocycles. The third-order valence-electron chi connectivity index (χ3n) is 1.48. The SMILES string of the molecule is CC(C)OP(=O)(OC(C)C#N)C(C)C. The molecular weight excluding hydrogens is 201 g/mol. The molecule has 0 radical (unpaired) electrons. The second-order valence-corrected chi connectivity index (χ2v) is 6.20. The lowest BCUT2D eigenvalue weighted by Gasteiger charge is -2.24. The van der Waals surface area contributed by atoms with Crippen LogP contribution in [-0.4, -0.2) is 17.9 Å². The second kappa shape index (κ2) is 5.50. The van der Waals surface area contributed by atoms with E-state index in [1.54, 1.807) is 34.6 Å². The molecule has 0 bridgehead atoms. The summed E-state index contributed by atoms with van der Waals surface area (Å²) in [5.41, 5.74) is -0.235. The van der Waals surface area contributed by atoms with Crippen molar-refractivity contribution < 1.29 is 13.6 Å². The summed E-state index contributed by atoms with van der Waals surface area (Å²) in [5.74, 6) is 0. The quantitative estimate of drug-likeness (QED) is 0.667. The molecule has 0 rings (SSSR count). The maximum absolute atomic E-state index is 12.1. The van der Waals surface area contributed by atoms with E-state index in [1.807, 2.05) is 6.07 Å². The van der Waals surface area contributed by atoms with Crippen molar-refractivity contribution in [1.82, 2.24) is 0 Å². The summed E-state index contributed by atoms with van der Waals surface area (Å²) in [6, 6.07) is 1.87. The van der Waals surface area contributed by atoms with E-state index in [9.17, 15) is 4.57 Å². The molecule has 0 aliphatic rings. The first-order valence-corrected chi connectivity index (χ1v) is 6.29. The summed E-state index contributed by atoms with van der Waals surface area (Å²) < 4.78 is 22.5. The minimum absolute atomic E-state index is 0.172. The average Bonchev–Trinajstić information content (AvgIpc) is 2.02. The van der Waals surface area contributed by atoms with Crippen molar-refractivity contribution in [3.63, 3.8) is 0 Å². The van der Waals surface area contributed by atoms with Gasteiger partial charge in [-0.15, -0.1) is 0 Å². The van der Waals surface area contributed by atoms with Gasteiger partial charge in [-0.25, -0.2) is 0 Å². The van der Waals surface area contributed by atoms with Gasteiger partial charge in [0.2, 0.25) is 0 Å². The van der Waals surface area contributed by atoms with Gasteiger partial charge < -0.3 is 4.52 Å². The molecule has 2 unspecified atom stereocenters. The van der Waals surface area contributed by atoms with Crippen LogP contribution in [0.4, 0.5) is 0 Å². The third kappa shape index (κ3) is 4.23. The predicted molar refractivity (Wildman–Crippen MR) is 55.1 cm³/mol. The normalized spacial score (nSPS) is 17.9. The van der Waals surface area contributed by atoms with Crippen molar-refractivity contribution in [2.75, 3.05) is 0 Å². The Bertz CT molecular complexity index is 257. The largest absolute Gasteiger partial charge is 0.334 e. The van der Waals surface area contributed by atoms with E-state index in [0.717, 1.165) is 0 Å². The van der Waals surface area contributed by atoms with Crippen LogP contribution in [0.1, 0.15) is 34.6 Å². The lowest BCUT2D eigenvalue weighted by Crippen LogP contribution is -2.14. The Hall–Kier alpha value is -0.360. The summed E-state index contributed by atoms with van der Waals surface area (Å²) >= 11 is 0. The van der Waals surface area contributed by atoms with Crippen LogP contribution in [0.3, 0.4) is 0 Å². The number of nitriles is 1. The Kier molecular flexibility index (Phi) is 5.36. The van der Waals surface area contributed by atoms with E-state index < -0.39 is 13.7 Å². The number of rotatable bonds is 5. The first kappa shape index (κ1) is 13.6. The van der Waals surface area contributed by atoms with Crippen LogP contribution in [0.25, 0.3) is 0 Å². The zero-order chi connectivity index (χ0) is 11.4. The molecule has 0 fully saturated rings. The first-order chi connectivity index (χ1) is 6.31. The lowest BCUT2D eigenvalue weighted by molar-refractivity contribution is 0.150. The molecule has 82 valence electrons. The Morgan fingerprint density at radius 2 is 1.64 bits per heavy atom. The smallest absolute Gasteiger partial charge is 0.306 e. The summed E-state index contributed by atoms with van der Waals surface area (Å²) in [4.78, 5) is 0. The standard InChI is InChI=1S/C9H18NO3P/c1-7(2)12-14(11,8(3)4)13-9(5)6-10/h7-9H,1-5H3. The van der Waals surface area contributed by atoms with E-state index in [-0.39, 0.29) is 11.8 Å². The zero-order valence-electron chi connectivity index (χ0n) is 9.35. The molecule has 0 aromatic carbocycles. The molecule has 0 aliphatic carbocycles. The van der Waals surface area contributed by atoms with Crippen LogP contribution < -0.4 is 0 Å². The predicted octanol–water partition coefficient (Wildman–Crippen LogP) is 2.94. The zero-order valence-corrected chi connectivity index (χ0v) is 10.2. The molecule has 0 amide bonds. The van der Waals surface area contributed by atoms with E-state index in [4.69, 9.17) is 14.3 Å². The van der Waals surface area contributed by atoms with Crippen LogP contribution in [-0.2, 0) is 13.6 Å².